The molecule has 0 aromatic carbocycles. The molecule has 5 N–H and O–H groups in total. The molecule has 4 heterocycles. The van der Waals surface area contributed by atoms with Gasteiger partial charge in [0, 0.05) is 23.4 Å². The Bertz CT molecular complexity index is 1180. The monoisotopic (exact) mass is 523 g/mol. The van der Waals surface area contributed by atoms with Crippen LogP contribution in [0.1, 0.15) is 16.7 Å². The second-order valence-electron chi connectivity index (χ2n) is 7.46. The number of hydrogen-bond donors (Lipinski definition) is 4. The van der Waals surface area contributed by atoms with Crippen molar-refractivity contribution in [3.05, 3.63) is 39.5 Å². The summed E-state index contributed by atoms with van der Waals surface area (Å²) in [5.74, 6) is -1.01. The maximum Gasteiger partial charge on any atom is 0.352 e. The molecule has 2 aliphatic heterocycles. The van der Waals surface area contributed by atoms with Crippen LogP contribution in [-0.2, 0) is 21.4 Å². The Hall–Kier alpha value is -3.04. The van der Waals surface area contributed by atoms with Gasteiger partial charge in [0.15, 0.2) is 5.16 Å². The van der Waals surface area contributed by atoms with Crippen LogP contribution in [0.2, 0.25) is 0 Å². The van der Waals surface area contributed by atoms with Crippen LogP contribution in [0, 0.1) is 6.92 Å². The molecular formula is C19H21N7O5S3. The van der Waals surface area contributed by atoms with E-state index in [9.17, 15) is 24.3 Å². The van der Waals surface area contributed by atoms with Gasteiger partial charge in [-0.2, -0.15) is 5.10 Å². The summed E-state index contributed by atoms with van der Waals surface area (Å²) >= 11 is 3.97. The number of carbonyl (C=O) groups excluding carboxylic acids is 3. The Morgan fingerprint density at radius 2 is 2.18 bits per heavy atom. The van der Waals surface area contributed by atoms with Gasteiger partial charge < -0.3 is 21.5 Å². The molecule has 4 amide bonds. The lowest BCUT2D eigenvalue weighted by atomic mass is 10.0. The molecule has 0 spiro atoms. The Labute approximate surface area is 206 Å². The molecule has 1 fully saturated rings. The molecule has 0 radical (unpaired) electrons. The van der Waals surface area contributed by atoms with Crippen LogP contribution < -0.4 is 16.4 Å². The molecule has 180 valence electrons. The van der Waals surface area contributed by atoms with E-state index in [0.29, 0.717) is 32.9 Å². The number of aliphatic carboxylic acids is 1. The zero-order chi connectivity index (χ0) is 24.6. The highest BCUT2D eigenvalue weighted by atomic mass is 32.2. The van der Waals surface area contributed by atoms with Crippen LogP contribution in [0.15, 0.2) is 33.9 Å². The van der Waals surface area contributed by atoms with E-state index in [1.807, 2.05) is 0 Å². The van der Waals surface area contributed by atoms with Crippen molar-refractivity contribution in [1.82, 2.24) is 30.3 Å². The van der Waals surface area contributed by atoms with Gasteiger partial charge in [0.25, 0.3) is 5.91 Å². The van der Waals surface area contributed by atoms with Gasteiger partial charge in [-0.05, 0) is 23.9 Å². The molecule has 4 rings (SSSR count). The van der Waals surface area contributed by atoms with Crippen molar-refractivity contribution in [2.45, 2.75) is 29.5 Å². The van der Waals surface area contributed by atoms with Crippen LogP contribution >= 0.6 is 34.9 Å². The lowest BCUT2D eigenvalue weighted by Gasteiger charge is -2.49. The maximum absolute atomic E-state index is 12.9. The molecular weight excluding hydrogens is 502 g/mol. The third-order valence-corrected chi connectivity index (χ3v) is 8.51. The average Bonchev–Trinajstić information content (AvgIpc) is 3.42. The van der Waals surface area contributed by atoms with E-state index in [-0.39, 0.29) is 5.70 Å². The highest BCUT2D eigenvalue weighted by Crippen LogP contribution is 2.41. The summed E-state index contributed by atoms with van der Waals surface area (Å²) in [4.78, 5) is 55.3. The number of aryl methyl sites for hydroxylation is 2. The Kier molecular flexibility index (Phi) is 6.86. The number of thioether (sulfide) groups is 2. The van der Waals surface area contributed by atoms with Crippen LogP contribution in [0.3, 0.4) is 0 Å². The van der Waals surface area contributed by atoms with Crippen LogP contribution in [0.5, 0.6) is 0 Å². The number of nitrogens with one attached hydrogen (secondary N) is 2. The number of primary amides is 1. The van der Waals surface area contributed by atoms with E-state index in [0.717, 1.165) is 0 Å². The minimum Gasteiger partial charge on any atom is -0.477 e. The number of rotatable bonds is 8. The molecule has 2 aliphatic rings. The number of nitrogens with two attached hydrogens (primary N) is 1. The van der Waals surface area contributed by atoms with Gasteiger partial charge in [-0.1, -0.05) is 17.8 Å². The minimum atomic E-state index is -1.21. The molecule has 3 atom stereocenters. The number of carboxylic acids is 1. The van der Waals surface area contributed by atoms with Crippen LogP contribution in [0.4, 0.5) is 4.79 Å². The van der Waals surface area contributed by atoms with E-state index in [4.69, 9.17) is 5.73 Å². The largest absolute Gasteiger partial charge is 0.477 e. The van der Waals surface area contributed by atoms with Crippen LogP contribution in [-0.4, -0.2) is 71.5 Å². The molecule has 12 nitrogen and oxygen atoms in total. The molecule has 0 saturated carbocycles. The number of carbonyl (C=O) groups is 4. The van der Waals surface area contributed by atoms with E-state index < -0.39 is 41.3 Å². The molecule has 1 saturated heterocycles. The molecule has 2 aromatic rings. The summed E-state index contributed by atoms with van der Waals surface area (Å²) in [7, 11) is 1.75. The number of thiophene rings is 1. The zero-order valence-electron chi connectivity index (χ0n) is 18.0. The van der Waals surface area contributed by atoms with Gasteiger partial charge in [0.05, 0.1) is 0 Å². The molecule has 2 unspecified atom stereocenters. The first-order chi connectivity index (χ1) is 16.2. The van der Waals surface area contributed by atoms with Gasteiger partial charge in [-0.25, -0.2) is 19.3 Å². The van der Waals surface area contributed by atoms with Crippen molar-refractivity contribution in [2.24, 2.45) is 12.8 Å². The normalized spacial score (nSPS) is 20.4. The van der Waals surface area contributed by atoms with E-state index in [2.05, 4.69) is 20.7 Å². The third kappa shape index (κ3) is 4.63. The predicted octanol–water partition coefficient (Wildman–Crippen LogP) is 0.425. The lowest BCUT2D eigenvalue weighted by molar-refractivity contribution is -0.150. The number of nitrogens with zero attached hydrogens (tertiary/aromatic N) is 4. The van der Waals surface area contributed by atoms with Crippen molar-refractivity contribution in [2.75, 3.05) is 11.5 Å². The average molecular weight is 524 g/mol. The fraction of sp³-hybridized carbons (Fsp3) is 0.368. The highest BCUT2D eigenvalue weighted by Gasteiger charge is 2.54. The Morgan fingerprint density at radius 1 is 1.41 bits per heavy atom. The fourth-order valence-corrected chi connectivity index (χ4v) is 6.88. The number of urea groups is 1. The third-order valence-electron chi connectivity index (χ3n) is 5.13. The summed E-state index contributed by atoms with van der Waals surface area (Å²) in [6, 6.07) is 0.549. The Balaban J connectivity index is 1.48. The first-order valence-electron chi connectivity index (χ1n) is 9.97. The van der Waals surface area contributed by atoms with Crippen LogP contribution in [0.25, 0.3) is 0 Å². The topological polar surface area (TPSA) is 173 Å². The van der Waals surface area contributed by atoms with Crippen molar-refractivity contribution < 1.29 is 24.3 Å². The second kappa shape index (κ2) is 9.68. The van der Waals surface area contributed by atoms with Gasteiger partial charge >= 0.3 is 12.0 Å². The van der Waals surface area contributed by atoms with Gasteiger partial charge in [0.1, 0.15) is 29.0 Å². The van der Waals surface area contributed by atoms with Gasteiger partial charge in [-0.3, -0.25) is 14.5 Å². The summed E-state index contributed by atoms with van der Waals surface area (Å²) < 4.78 is 1.62. The fourth-order valence-electron chi connectivity index (χ4n) is 3.66. The lowest BCUT2D eigenvalue weighted by Crippen LogP contribution is -2.71. The first-order valence-corrected chi connectivity index (χ1v) is 12.9. The first kappa shape index (κ1) is 24.1. The molecule has 0 bridgehead atoms. The Morgan fingerprint density at radius 3 is 2.76 bits per heavy atom. The van der Waals surface area contributed by atoms with E-state index in [1.165, 1.54) is 39.8 Å². The predicted molar refractivity (Wildman–Crippen MR) is 126 cm³/mol. The van der Waals surface area contributed by atoms with Crippen molar-refractivity contribution in [1.29, 1.82) is 0 Å². The van der Waals surface area contributed by atoms with E-state index >= 15 is 0 Å². The molecule has 34 heavy (non-hydrogen) atoms. The van der Waals surface area contributed by atoms with Crippen molar-refractivity contribution >= 4 is 58.7 Å². The number of carboxylic acid groups (broad SMARTS) is 1. The number of hydrogen-bond acceptors (Lipinski definition) is 9. The maximum atomic E-state index is 12.9. The number of fused-ring (bicyclic) bond motifs is 1. The summed E-state index contributed by atoms with van der Waals surface area (Å²) in [5, 5.41) is 20.9. The standard InChI is InChI=1S/C19H21N7O5S3/c1-8-21-19(25(2)24-8)34-7-9-6-33-16-12(15(28)26(16)13(9)17(29)30)22-14(27)11(23-18(20)31)10-4-3-5-32-10/h3-5,11-12,16H,6-7H2,1-2H3,(H,22,27)(H,29,30)(H3,20,23,31)/t11?,12-,16?/m0/s1. The summed E-state index contributed by atoms with van der Waals surface area (Å²) in [6.07, 6.45) is 0. The van der Waals surface area contributed by atoms with E-state index in [1.54, 1.807) is 36.2 Å². The smallest absolute Gasteiger partial charge is 0.352 e. The van der Waals surface area contributed by atoms with Gasteiger partial charge in [-0.15, -0.1) is 23.1 Å². The van der Waals surface area contributed by atoms with Gasteiger partial charge in [0.2, 0.25) is 5.91 Å². The summed E-state index contributed by atoms with van der Waals surface area (Å²) in [5.41, 5.74) is 5.72. The molecule has 0 aliphatic carbocycles. The van der Waals surface area contributed by atoms with Crippen molar-refractivity contribution in [3.8, 4) is 0 Å². The molecule has 2 aromatic heterocycles. The second-order valence-corrected chi connectivity index (χ2v) is 10.5. The van der Waals surface area contributed by atoms with Crippen molar-refractivity contribution in [3.63, 3.8) is 0 Å². The zero-order valence-corrected chi connectivity index (χ0v) is 20.5. The number of aromatic nitrogens is 3. The highest BCUT2D eigenvalue weighted by molar-refractivity contribution is 8.01. The minimum absolute atomic E-state index is 0.0734. The summed E-state index contributed by atoms with van der Waals surface area (Å²) in [6.45, 7) is 1.77. The SMILES string of the molecule is Cc1nc(SCC2=C(C(=O)O)N3C(=O)[C@H](NC(=O)C(NC(N)=O)c4cccs4)C3SC2)n(C)n1. The molecule has 15 heteroatoms. The number of β-lactam (4-membered cyclic amide) rings is 1. The number of amides is 4. The quantitative estimate of drug-likeness (QED) is 0.283.